The van der Waals surface area contributed by atoms with Gasteiger partial charge in [-0.05, 0) is 33.8 Å². The topological polar surface area (TPSA) is 75.5 Å². The minimum absolute atomic E-state index is 0.0114. The third-order valence-electron chi connectivity index (χ3n) is 2.71. The van der Waals surface area contributed by atoms with Gasteiger partial charge in [-0.15, -0.1) is 0 Å². The van der Waals surface area contributed by atoms with Crippen LogP contribution in [0.1, 0.15) is 27.7 Å². The second-order valence-electron chi connectivity index (χ2n) is 5.71. The number of hydrogen-bond acceptors (Lipinski definition) is 4. The van der Waals surface area contributed by atoms with Crippen LogP contribution >= 0.6 is 0 Å². The molecule has 6 nitrogen and oxygen atoms in total. The van der Waals surface area contributed by atoms with Crippen molar-refractivity contribution in [1.29, 1.82) is 0 Å². The SMILES string of the molecule is CCN(CC(=O)NC(C)(C)C)c1ccc([N+](=O)[O-])cc1F. The molecule has 7 heteroatoms. The lowest BCUT2D eigenvalue weighted by molar-refractivity contribution is -0.385. The predicted molar refractivity (Wildman–Crippen MR) is 78.8 cm³/mol. The summed E-state index contributed by atoms with van der Waals surface area (Å²) in [5.41, 5.74) is -0.511. The molecule has 0 heterocycles. The summed E-state index contributed by atoms with van der Waals surface area (Å²) in [5, 5.41) is 13.4. The number of nitrogens with one attached hydrogen (secondary N) is 1. The molecule has 0 fully saturated rings. The number of carbonyl (C=O) groups excluding carboxylic acids is 1. The smallest absolute Gasteiger partial charge is 0.272 e. The molecule has 0 radical (unpaired) electrons. The van der Waals surface area contributed by atoms with Crippen molar-refractivity contribution in [1.82, 2.24) is 5.32 Å². The van der Waals surface area contributed by atoms with Crippen molar-refractivity contribution in [3.05, 3.63) is 34.1 Å². The van der Waals surface area contributed by atoms with Gasteiger partial charge in [-0.3, -0.25) is 14.9 Å². The predicted octanol–water partition coefficient (Wildman–Crippen LogP) is 2.47. The summed E-state index contributed by atoms with van der Waals surface area (Å²) < 4.78 is 14.0. The zero-order valence-corrected chi connectivity index (χ0v) is 12.6. The molecule has 0 aromatic heterocycles. The number of hydrogen-bond donors (Lipinski definition) is 1. The number of amides is 1. The number of non-ortho nitro benzene ring substituents is 1. The zero-order chi connectivity index (χ0) is 16.2. The molecule has 0 saturated carbocycles. The summed E-state index contributed by atoms with van der Waals surface area (Å²) in [6, 6.07) is 3.41. The van der Waals surface area contributed by atoms with Gasteiger partial charge in [0.25, 0.3) is 5.69 Å². The van der Waals surface area contributed by atoms with E-state index in [2.05, 4.69) is 5.32 Å². The molecular formula is C14H20FN3O3. The van der Waals surface area contributed by atoms with Gasteiger partial charge in [-0.1, -0.05) is 0 Å². The van der Waals surface area contributed by atoms with Crippen LogP contribution in [0, 0.1) is 15.9 Å². The van der Waals surface area contributed by atoms with E-state index in [-0.39, 0.29) is 29.4 Å². The first kappa shape index (κ1) is 16.9. The van der Waals surface area contributed by atoms with E-state index in [1.807, 2.05) is 20.8 Å². The summed E-state index contributed by atoms with van der Waals surface area (Å²) in [4.78, 5) is 23.4. The number of nitro benzene ring substituents is 1. The molecule has 0 aliphatic heterocycles. The molecule has 1 aromatic carbocycles. The van der Waals surface area contributed by atoms with Crippen molar-refractivity contribution in [2.75, 3.05) is 18.0 Å². The van der Waals surface area contributed by atoms with Crippen molar-refractivity contribution in [2.45, 2.75) is 33.2 Å². The van der Waals surface area contributed by atoms with Crippen molar-refractivity contribution >= 4 is 17.3 Å². The number of carbonyl (C=O) groups is 1. The van der Waals surface area contributed by atoms with Gasteiger partial charge in [-0.25, -0.2) is 4.39 Å². The molecule has 21 heavy (non-hydrogen) atoms. The molecule has 1 rings (SSSR count). The van der Waals surface area contributed by atoms with Gasteiger partial charge in [0.05, 0.1) is 23.2 Å². The first-order valence-corrected chi connectivity index (χ1v) is 6.64. The molecule has 0 aliphatic rings. The Morgan fingerprint density at radius 2 is 2.05 bits per heavy atom. The van der Waals surface area contributed by atoms with Crippen molar-refractivity contribution < 1.29 is 14.1 Å². The van der Waals surface area contributed by atoms with E-state index in [0.717, 1.165) is 6.07 Å². The molecule has 1 amide bonds. The van der Waals surface area contributed by atoms with Gasteiger partial charge in [0.1, 0.15) is 0 Å². The Hall–Kier alpha value is -2.18. The number of anilines is 1. The maximum absolute atomic E-state index is 14.0. The Labute approximate surface area is 123 Å². The van der Waals surface area contributed by atoms with Crippen LogP contribution in [0.3, 0.4) is 0 Å². The van der Waals surface area contributed by atoms with Crippen LogP contribution in [-0.4, -0.2) is 29.5 Å². The van der Waals surface area contributed by atoms with Crippen LogP contribution in [0.5, 0.6) is 0 Å². The summed E-state index contributed by atoms with van der Waals surface area (Å²) in [6.45, 7) is 7.74. The van der Waals surface area contributed by atoms with Crippen LogP contribution in [0.15, 0.2) is 18.2 Å². The van der Waals surface area contributed by atoms with E-state index in [9.17, 15) is 19.3 Å². The number of halogens is 1. The number of nitrogens with zero attached hydrogens (tertiary/aromatic N) is 2. The van der Waals surface area contributed by atoms with E-state index >= 15 is 0 Å². The fourth-order valence-electron chi connectivity index (χ4n) is 1.86. The Kier molecular flexibility index (Phi) is 5.23. The number of rotatable bonds is 5. The third kappa shape index (κ3) is 5.02. The van der Waals surface area contributed by atoms with Crippen LogP contribution in [-0.2, 0) is 4.79 Å². The van der Waals surface area contributed by atoms with Gasteiger partial charge in [0.2, 0.25) is 5.91 Å². The van der Waals surface area contributed by atoms with Crippen molar-refractivity contribution in [3.63, 3.8) is 0 Å². The fraction of sp³-hybridized carbons (Fsp3) is 0.500. The minimum atomic E-state index is -0.713. The van der Waals surface area contributed by atoms with Gasteiger partial charge in [-0.2, -0.15) is 0 Å². The van der Waals surface area contributed by atoms with E-state index in [4.69, 9.17) is 0 Å². The van der Waals surface area contributed by atoms with E-state index < -0.39 is 10.7 Å². The second-order valence-corrected chi connectivity index (χ2v) is 5.71. The van der Waals surface area contributed by atoms with Crippen LogP contribution in [0.4, 0.5) is 15.8 Å². The van der Waals surface area contributed by atoms with Crippen molar-refractivity contribution in [2.24, 2.45) is 0 Å². The van der Waals surface area contributed by atoms with Crippen LogP contribution in [0.2, 0.25) is 0 Å². The first-order valence-electron chi connectivity index (χ1n) is 6.64. The highest BCUT2D eigenvalue weighted by Gasteiger charge is 2.19. The molecule has 1 aromatic rings. The first-order chi connectivity index (χ1) is 9.64. The standard InChI is InChI=1S/C14H20FN3O3/c1-5-17(9-13(19)16-14(2,3)4)12-7-6-10(18(20)21)8-11(12)15/h6-8H,5,9H2,1-4H3,(H,16,19). The molecule has 0 spiro atoms. The normalized spacial score (nSPS) is 11.1. The molecule has 0 atom stereocenters. The number of benzene rings is 1. The van der Waals surface area contributed by atoms with Gasteiger partial charge in [0, 0.05) is 18.2 Å². The Balaban J connectivity index is 2.90. The van der Waals surface area contributed by atoms with Crippen molar-refractivity contribution in [3.8, 4) is 0 Å². The number of likely N-dealkylation sites (N-methyl/N-ethyl adjacent to an activating group) is 1. The molecule has 0 aliphatic carbocycles. The lowest BCUT2D eigenvalue weighted by Crippen LogP contribution is -2.46. The quantitative estimate of drug-likeness (QED) is 0.669. The average Bonchev–Trinajstić information content (AvgIpc) is 2.34. The highest BCUT2D eigenvalue weighted by Crippen LogP contribution is 2.23. The van der Waals surface area contributed by atoms with E-state index in [1.165, 1.54) is 17.0 Å². The fourth-order valence-corrected chi connectivity index (χ4v) is 1.86. The van der Waals surface area contributed by atoms with Gasteiger partial charge in [0.15, 0.2) is 5.82 Å². The second kappa shape index (κ2) is 6.51. The lowest BCUT2D eigenvalue weighted by atomic mass is 10.1. The highest BCUT2D eigenvalue weighted by molar-refractivity contribution is 5.82. The summed E-state index contributed by atoms with van der Waals surface area (Å²) in [7, 11) is 0. The number of nitro groups is 1. The van der Waals surface area contributed by atoms with E-state index in [1.54, 1.807) is 6.92 Å². The molecular weight excluding hydrogens is 277 g/mol. The molecule has 116 valence electrons. The van der Waals surface area contributed by atoms with Crippen LogP contribution < -0.4 is 10.2 Å². The Bertz CT molecular complexity index is 541. The Morgan fingerprint density at radius 1 is 1.43 bits per heavy atom. The zero-order valence-electron chi connectivity index (χ0n) is 12.6. The maximum Gasteiger partial charge on any atom is 0.272 e. The van der Waals surface area contributed by atoms with E-state index in [0.29, 0.717) is 6.54 Å². The third-order valence-corrected chi connectivity index (χ3v) is 2.71. The average molecular weight is 297 g/mol. The van der Waals surface area contributed by atoms with Gasteiger partial charge >= 0.3 is 0 Å². The monoisotopic (exact) mass is 297 g/mol. The Morgan fingerprint density at radius 3 is 2.48 bits per heavy atom. The van der Waals surface area contributed by atoms with Crippen LogP contribution in [0.25, 0.3) is 0 Å². The lowest BCUT2D eigenvalue weighted by Gasteiger charge is -2.26. The maximum atomic E-state index is 14.0. The van der Waals surface area contributed by atoms with Gasteiger partial charge < -0.3 is 10.2 Å². The largest absolute Gasteiger partial charge is 0.360 e. The molecule has 1 N–H and O–H groups in total. The highest BCUT2D eigenvalue weighted by atomic mass is 19.1. The molecule has 0 saturated heterocycles. The minimum Gasteiger partial charge on any atom is -0.360 e. The summed E-state index contributed by atoms with van der Waals surface area (Å²) >= 11 is 0. The molecule has 0 unspecified atom stereocenters. The molecule has 0 bridgehead atoms. The summed E-state index contributed by atoms with van der Waals surface area (Å²) in [5.74, 6) is -0.947. The summed E-state index contributed by atoms with van der Waals surface area (Å²) in [6.07, 6.45) is 0.